The number of hydrogen-bond acceptors (Lipinski definition) is 15. The minimum Gasteiger partial charge on any atom is -0.462 e. The van der Waals surface area contributed by atoms with Crippen LogP contribution in [0.4, 0.5) is 0 Å². The van der Waals surface area contributed by atoms with Gasteiger partial charge in [0, 0.05) is 25.7 Å². The highest BCUT2D eigenvalue weighted by atomic mass is 31.2. The van der Waals surface area contributed by atoms with Crippen LogP contribution in [0.1, 0.15) is 458 Å². The van der Waals surface area contributed by atoms with Crippen LogP contribution in [-0.4, -0.2) is 96.7 Å². The van der Waals surface area contributed by atoms with Crippen molar-refractivity contribution in [3.63, 3.8) is 0 Å². The van der Waals surface area contributed by atoms with Crippen LogP contribution in [0.2, 0.25) is 0 Å². The molecule has 0 heterocycles. The highest BCUT2D eigenvalue weighted by molar-refractivity contribution is 7.47. The number of unbranched alkanes of at least 4 members (excludes halogenated alkanes) is 59. The molecular formula is C84H164O17P2. The highest BCUT2D eigenvalue weighted by Crippen LogP contribution is 2.45. The summed E-state index contributed by atoms with van der Waals surface area (Å²) in [7, 11) is -9.92. The molecule has 2 unspecified atom stereocenters. The molecule has 0 spiro atoms. The van der Waals surface area contributed by atoms with E-state index in [0.717, 1.165) is 89.9 Å². The van der Waals surface area contributed by atoms with Gasteiger partial charge >= 0.3 is 39.5 Å². The van der Waals surface area contributed by atoms with Crippen LogP contribution in [0.25, 0.3) is 0 Å². The minimum absolute atomic E-state index is 0.108. The maximum atomic E-state index is 13.1. The first-order chi connectivity index (χ1) is 50.2. The van der Waals surface area contributed by atoms with E-state index in [2.05, 4.69) is 27.7 Å². The summed E-state index contributed by atoms with van der Waals surface area (Å²) in [6, 6.07) is 0. The molecule has 0 fully saturated rings. The molecule has 0 aromatic carbocycles. The Morgan fingerprint density at radius 3 is 0.573 bits per heavy atom. The van der Waals surface area contributed by atoms with Crippen molar-refractivity contribution in [2.45, 2.75) is 476 Å². The summed E-state index contributed by atoms with van der Waals surface area (Å²) in [5, 5.41) is 10.7. The molecular weight excluding hydrogens is 1340 g/mol. The third-order valence-electron chi connectivity index (χ3n) is 19.9. The van der Waals surface area contributed by atoms with Gasteiger partial charge in [-0.1, -0.05) is 407 Å². The lowest BCUT2D eigenvalue weighted by molar-refractivity contribution is -0.161. The summed E-state index contributed by atoms with van der Waals surface area (Å²) in [6.07, 6.45) is 72.2. The van der Waals surface area contributed by atoms with Crippen molar-refractivity contribution in [3.05, 3.63) is 0 Å². The van der Waals surface area contributed by atoms with E-state index < -0.39 is 97.5 Å². The van der Waals surface area contributed by atoms with Gasteiger partial charge in [0.1, 0.15) is 19.3 Å². The fourth-order valence-corrected chi connectivity index (χ4v) is 14.7. The van der Waals surface area contributed by atoms with Crippen LogP contribution in [0.3, 0.4) is 0 Å². The Morgan fingerprint density at radius 2 is 0.388 bits per heavy atom. The molecule has 612 valence electrons. The number of phosphoric ester groups is 2. The van der Waals surface area contributed by atoms with Gasteiger partial charge in [-0.3, -0.25) is 37.3 Å². The zero-order valence-electron chi connectivity index (χ0n) is 67.3. The number of hydrogen-bond donors (Lipinski definition) is 3. The predicted octanol–water partition coefficient (Wildman–Crippen LogP) is 25.7. The van der Waals surface area contributed by atoms with Gasteiger partial charge in [0.15, 0.2) is 12.2 Å². The second-order valence-electron chi connectivity index (χ2n) is 30.2. The Kier molecular flexibility index (Phi) is 76.7. The van der Waals surface area contributed by atoms with Crippen LogP contribution in [0.15, 0.2) is 0 Å². The van der Waals surface area contributed by atoms with Crippen LogP contribution in [0.5, 0.6) is 0 Å². The third kappa shape index (κ3) is 78.0. The van der Waals surface area contributed by atoms with Crippen molar-refractivity contribution in [1.29, 1.82) is 0 Å². The molecule has 0 amide bonds. The zero-order valence-corrected chi connectivity index (χ0v) is 69.1. The maximum Gasteiger partial charge on any atom is 0.472 e. The number of ether oxygens (including phenoxy) is 4. The van der Waals surface area contributed by atoms with Gasteiger partial charge < -0.3 is 33.8 Å². The normalized spacial score (nSPS) is 13.7. The molecule has 103 heavy (non-hydrogen) atoms. The van der Waals surface area contributed by atoms with E-state index in [1.165, 1.54) is 289 Å². The quantitative estimate of drug-likeness (QED) is 0.0222. The molecule has 0 aromatic rings. The lowest BCUT2D eigenvalue weighted by atomic mass is 10.0. The third-order valence-corrected chi connectivity index (χ3v) is 21.8. The molecule has 0 bridgehead atoms. The molecule has 0 aliphatic carbocycles. The Bertz CT molecular complexity index is 1950. The van der Waals surface area contributed by atoms with Gasteiger partial charge in [-0.05, 0) is 25.7 Å². The number of aliphatic hydroxyl groups excluding tert-OH is 1. The van der Waals surface area contributed by atoms with Crippen LogP contribution in [-0.2, 0) is 65.4 Å². The SMILES string of the molecule is CCCCCCCCCCCCCCCCCCCCCCCCC(=O)O[C@H](COC(=O)CCCCCCCCCCCCCCCCCCCC)COP(=O)(O)OC[C@@H](O)COP(=O)(O)OC[C@@H](COC(=O)CCCCCCCCCCCCC)OC(=O)CCCCCCCCCCCCCC. The standard InChI is InChI=1S/C84H164O17P2/c1-5-9-13-17-21-25-29-32-34-36-38-39-40-41-43-45-47-51-55-59-63-67-71-84(89)101-80(75-95-82(87)69-65-61-57-53-50-46-44-42-37-35-33-30-26-22-18-14-10-6-2)77-99-103(92,93)97-73-78(85)72-96-102(90,91)98-76-79(74-94-81(86)68-64-60-56-52-48-28-24-20-16-12-8-4)100-83(88)70-66-62-58-54-49-31-27-23-19-15-11-7-3/h78-80,85H,5-77H2,1-4H3,(H,90,91)(H,92,93)/t78-,79+,80+/m0/s1. The average molecular weight is 1510 g/mol. The second-order valence-corrected chi connectivity index (χ2v) is 33.1. The van der Waals surface area contributed by atoms with E-state index in [1.54, 1.807) is 0 Å². The Morgan fingerprint density at radius 1 is 0.233 bits per heavy atom. The number of aliphatic hydroxyl groups is 1. The predicted molar refractivity (Wildman–Crippen MR) is 423 cm³/mol. The van der Waals surface area contributed by atoms with Crippen LogP contribution < -0.4 is 0 Å². The molecule has 19 heteroatoms. The van der Waals surface area contributed by atoms with Crippen molar-refractivity contribution < 1.29 is 80.2 Å². The summed E-state index contributed by atoms with van der Waals surface area (Å²) < 4.78 is 68.8. The first-order valence-electron chi connectivity index (χ1n) is 43.8. The lowest BCUT2D eigenvalue weighted by Crippen LogP contribution is -2.30. The molecule has 3 N–H and O–H groups in total. The number of carbonyl (C=O) groups excluding carboxylic acids is 4. The van der Waals surface area contributed by atoms with E-state index in [-0.39, 0.29) is 25.7 Å². The summed E-state index contributed by atoms with van der Waals surface area (Å²) in [5.41, 5.74) is 0. The van der Waals surface area contributed by atoms with Crippen molar-refractivity contribution in [2.24, 2.45) is 0 Å². The van der Waals surface area contributed by atoms with E-state index >= 15 is 0 Å². The van der Waals surface area contributed by atoms with Gasteiger partial charge in [0.05, 0.1) is 26.4 Å². The van der Waals surface area contributed by atoms with Crippen molar-refractivity contribution >= 4 is 39.5 Å². The molecule has 0 saturated heterocycles. The summed E-state index contributed by atoms with van der Waals surface area (Å²) in [6.45, 7) is 5.04. The van der Waals surface area contributed by atoms with Gasteiger partial charge in [0.25, 0.3) is 0 Å². The van der Waals surface area contributed by atoms with E-state index in [0.29, 0.717) is 25.7 Å². The second kappa shape index (κ2) is 78.2. The summed E-state index contributed by atoms with van der Waals surface area (Å²) in [4.78, 5) is 73.1. The number of phosphoric acid groups is 2. The molecule has 0 aromatic heterocycles. The minimum atomic E-state index is -4.96. The van der Waals surface area contributed by atoms with Gasteiger partial charge in [-0.15, -0.1) is 0 Å². The lowest BCUT2D eigenvalue weighted by Gasteiger charge is -2.21. The fraction of sp³-hybridized carbons (Fsp3) is 0.952. The van der Waals surface area contributed by atoms with Crippen molar-refractivity contribution in [3.8, 4) is 0 Å². The number of carbonyl (C=O) groups is 4. The van der Waals surface area contributed by atoms with Crippen LogP contribution in [0, 0.1) is 0 Å². The molecule has 0 radical (unpaired) electrons. The van der Waals surface area contributed by atoms with E-state index in [9.17, 15) is 43.2 Å². The monoisotopic (exact) mass is 1510 g/mol. The smallest absolute Gasteiger partial charge is 0.462 e. The van der Waals surface area contributed by atoms with Crippen LogP contribution >= 0.6 is 15.6 Å². The molecule has 17 nitrogen and oxygen atoms in total. The largest absolute Gasteiger partial charge is 0.472 e. The van der Waals surface area contributed by atoms with Gasteiger partial charge in [-0.25, -0.2) is 9.13 Å². The van der Waals surface area contributed by atoms with E-state index in [4.69, 9.17) is 37.0 Å². The average Bonchev–Trinajstić information content (AvgIpc) is 0.919. The van der Waals surface area contributed by atoms with E-state index in [1.807, 2.05) is 0 Å². The van der Waals surface area contributed by atoms with Gasteiger partial charge in [-0.2, -0.15) is 0 Å². The fourth-order valence-electron chi connectivity index (χ4n) is 13.2. The first kappa shape index (κ1) is 101. The number of rotatable bonds is 85. The Labute approximate surface area is 632 Å². The summed E-state index contributed by atoms with van der Waals surface area (Å²) >= 11 is 0. The molecule has 0 aliphatic heterocycles. The van der Waals surface area contributed by atoms with Crippen molar-refractivity contribution in [1.82, 2.24) is 0 Å². The zero-order chi connectivity index (χ0) is 75.3. The highest BCUT2D eigenvalue weighted by Gasteiger charge is 2.30. The molecule has 0 rings (SSSR count). The van der Waals surface area contributed by atoms with Gasteiger partial charge in [0.2, 0.25) is 0 Å². The number of esters is 4. The molecule has 0 aliphatic rings. The van der Waals surface area contributed by atoms with Crippen molar-refractivity contribution in [2.75, 3.05) is 39.6 Å². The Balaban J connectivity index is 5.20. The molecule has 5 atom stereocenters. The Hall–Kier alpha value is -1.94. The first-order valence-corrected chi connectivity index (χ1v) is 46.8. The summed E-state index contributed by atoms with van der Waals surface area (Å²) in [5.74, 6) is -2.10. The topological polar surface area (TPSA) is 237 Å². The molecule has 0 saturated carbocycles. The maximum absolute atomic E-state index is 13.1.